The average Bonchev–Trinajstić information content (AvgIpc) is 2.60. The van der Waals surface area contributed by atoms with Gasteiger partial charge in [0, 0.05) is 19.1 Å². The lowest BCUT2D eigenvalue weighted by Crippen LogP contribution is -2.46. The molecule has 0 saturated carbocycles. The van der Waals surface area contributed by atoms with Gasteiger partial charge in [-0.2, -0.15) is 0 Å². The Labute approximate surface area is 155 Å². The zero-order chi connectivity index (χ0) is 20.2. The van der Waals surface area contributed by atoms with E-state index in [0.717, 1.165) is 18.6 Å². The summed E-state index contributed by atoms with van der Waals surface area (Å²) >= 11 is 0. The van der Waals surface area contributed by atoms with Gasteiger partial charge in [-0.1, -0.05) is 19.6 Å². The minimum Gasteiger partial charge on any atom is -0.460 e. The molecular weight excluding hydrogens is 338 g/mol. The molecule has 148 valence electrons. The highest BCUT2D eigenvalue weighted by atomic mass is 16.6. The van der Waals surface area contributed by atoms with Gasteiger partial charge in [-0.3, -0.25) is 15.3 Å². The van der Waals surface area contributed by atoms with Gasteiger partial charge < -0.3 is 14.2 Å². The molecule has 7 heteroatoms. The van der Waals surface area contributed by atoms with E-state index in [0.29, 0.717) is 25.9 Å². The van der Waals surface area contributed by atoms with Crippen molar-refractivity contribution in [2.75, 3.05) is 19.8 Å². The van der Waals surface area contributed by atoms with Crippen molar-refractivity contribution in [3.05, 3.63) is 25.3 Å². The van der Waals surface area contributed by atoms with Crippen LogP contribution in [0.4, 0.5) is 0 Å². The molecule has 0 rings (SSSR count). The summed E-state index contributed by atoms with van der Waals surface area (Å²) < 4.78 is 15.6. The highest BCUT2D eigenvalue weighted by molar-refractivity contribution is 5.95. The number of hydrogen-bond donors (Lipinski definition) is 1. The molecule has 0 aliphatic rings. The first-order valence-corrected chi connectivity index (χ1v) is 8.63. The zero-order valence-electron chi connectivity index (χ0n) is 16.0. The van der Waals surface area contributed by atoms with Crippen LogP contribution in [0.25, 0.3) is 0 Å². The molecule has 26 heavy (non-hydrogen) atoms. The van der Waals surface area contributed by atoms with Crippen molar-refractivity contribution in [2.24, 2.45) is 5.73 Å². The Morgan fingerprint density at radius 2 is 1.58 bits per heavy atom. The number of unbranched alkanes of at least 4 members (excludes halogenated alkanes) is 2. The van der Waals surface area contributed by atoms with Crippen molar-refractivity contribution >= 4 is 17.5 Å². The van der Waals surface area contributed by atoms with Gasteiger partial charge in [-0.05, 0) is 39.7 Å². The van der Waals surface area contributed by atoms with Crippen LogP contribution < -0.4 is 5.73 Å². The molecule has 1 atom stereocenters. The van der Waals surface area contributed by atoms with Crippen LogP contribution in [0.3, 0.4) is 0 Å². The third-order valence-electron chi connectivity index (χ3n) is 3.75. The van der Waals surface area contributed by atoms with E-state index >= 15 is 0 Å². The summed E-state index contributed by atoms with van der Waals surface area (Å²) in [6, 6.07) is 0. The number of rotatable bonds is 15. The van der Waals surface area contributed by atoms with E-state index in [1.54, 1.807) is 13.8 Å². The molecule has 0 heterocycles. The Bertz CT molecular complexity index is 510. The molecule has 0 fully saturated rings. The number of ether oxygens (including phenoxy) is 3. The van der Waals surface area contributed by atoms with E-state index in [2.05, 4.69) is 13.2 Å². The maximum absolute atomic E-state index is 12.2. The number of carbonyl (C=O) groups is 3. The molecule has 0 aromatic carbocycles. The van der Waals surface area contributed by atoms with E-state index in [4.69, 9.17) is 19.9 Å². The van der Waals surface area contributed by atoms with Gasteiger partial charge in [0.1, 0.15) is 12.2 Å². The van der Waals surface area contributed by atoms with Gasteiger partial charge in [0.2, 0.25) is 5.78 Å². The lowest BCUT2D eigenvalue weighted by Gasteiger charge is -2.24. The molecule has 0 bridgehead atoms. The van der Waals surface area contributed by atoms with Gasteiger partial charge in [-0.25, -0.2) is 4.79 Å². The molecule has 7 nitrogen and oxygen atoms in total. The predicted molar refractivity (Wildman–Crippen MR) is 98.4 cm³/mol. The molecule has 1 unspecified atom stereocenters. The Balaban J connectivity index is 3.95. The van der Waals surface area contributed by atoms with Gasteiger partial charge in [0.25, 0.3) is 0 Å². The highest BCUT2D eigenvalue weighted by Crippen LogP contribution is 2.16. The fraction of sp³-hybridized carbons (Fsp3) is 0.632. The molecule has 2 N–H and O–H groups in total. The molecule has 0 amide bonds. The topological polar surface area (TPSA) is 105 Å². The standard InChI is InChI=1S/C19H31NO6/c1-6-15(21)19(5,20)26-12-10-8-9-11-16(22)18(3,4)25-14-13-24-17(23)7-2/h6-7H,1-2,8-14,20H2,3-5H3. The second-order valence-electron chi connectivity index (χ2n) is 6.49. The Hall–Kier alpha value is -1.83. The van der Waals surface area contributed by atoms with Crippen LogP contribution in [0.2, 0.25) is 0 Å². The summed E-state index contributed by atoms with van der Waals surface area (Å²) in [5, 5.41) is 0. The summed E-state index contributed by atoms with van der Waals surface area (Å²) in [5.74, 6) is -0.923. The number of hydrogen-bond acceptors (Lipinski definition) is 7. The molecular formula is C19H31NO6. The summed E-state index contributed by atoms with van der Waals surface area (Å²) in [5.41, 5.74) is 3.43. The first kappa shape index (κ1) is 24.2. The second kappa shape index (κ2) is 11.7. The van der Waals surface area contributed by atoms with E-state index in [-0.39, 0.29) is 24.8 Å². The lowest BCUT2D eigenvalue weighted by molar-refractivity contribution is -0.147. The molecule has 0 radical (unpaired) electrons. The first-order valence-electron chi connectivity index (χ1n) is 8.63. The quantitative estimate of drug-likeness (QED) is 0.204. The van der Waals surface area contributed by atoms with Gasteiger partial charge in [0.05, 0.1) is 6.61 Å². The molecule has 0 aliphatic carbocycles. The van der Waals surface area contributed by atoms with Crippen LogP contribution in [0.1, 0.15) is 46.5 Å². The molecule has 0 saturated heterocycles. The van der Waals surface area contributed by atoms with Crippen LogP contribution in [0.15, 0.2) is 25.3 Å². The smallest absolute Gasteiger partial charge is 0.330 e. The third-order valence-corrected chi connectivity index (χ3v) is 3.75. The monoisotopic (exact) mass is 369 g/mol. The maximum atomic E-state index is 12.2. The third kappa shape index (κ3) is 9.60. The molecule has 0 aliphatic heterocycles. The van der Waals surface area contributed by atoms with Crippen LogP contribution >= 0.6 is 0 Å². The maximum Gasteiger partial charge on any atom is 0.330 e. The summed E-state index contributed by atoms with van der Waals surface area (Å²) in [6.07, 6.45) is 4.70. The summed E-state index contributed by atoms with van der Waals surface area (Å²) in [7, 11) is 0. The normalized spacial score (nSPS) is 13.5. The van der Waals surface area contributed by atoms with Crippen molar-refractivity contribution < 1.29 is 28.6 Å². The minimum absolute atomic E-state index is 0.0287. The van der Waals surface area contributed by atoms with E-state index in [1.165, 1.54) is 6.92 Å². The van der Waals surface area contributed by atoms with Crippen LogP contribution in [0.5, 0.6) is 0 Å². The Morgan fingerprint density at radius 3 is 2.15 bits per heavy atom. The highest BCUT2D eigenvalue weighted by Gasteiger charge is 2.28. The van der Waals surface area contributed by atoms with Crippen LogP contribution in [-0.4, -0.2) is 48.7 Å². The van der Waals surface area contributed by atoms with Crippen molar-refractivity contribution in [3.63, 3.8) is 0 Å². The number of Topliss-reactive ketones (excluding diaryl/α,β-unsaturated/α-hetero) is 1. The van der Waals surface area contributed by atoms with Crippen LogP contribution in [-0.2, 0) is 28.6 Å². The first-order chi connectivity index (χ1) is 12.1. The number of esters is 1. The van der Waals surface area contributed by atoms with Gasteiger partial charge in [-0.15, -0.1) is 0 Å². The summed E-state index contributed by atoms with van der Waals surface area (Å²) in [4.78, 5) is 34.6. The SMILES string of the molecule is C=CC(=O)OCCOC(C)(C)C(=O)CCCCCOC(C)(N)C(=O)C=C. The van der Waals surface area contributed by atoms with Crippen molar-refractivity contribution in [1.29, 1.82) is 0 Å². The van der Waals surface area contributed by atoms with Crippen molar-refractivity contribution in [1.82, 2.24) is 0 Å². The Morgan fingerprint density at radius 1 is 0.923 bits per heavy atom. The van der Waals surface area contributed by atoms with Gasteiger partial charge in [0.15, 0.2) is 11.5 Å². The van der Waals surface area contributed by atoms with Gasteiger partial charge >= 0.3 is 5.97 Å². The number of nitrogens with two attached hydrogens (primary N) is 1. The molecule has 0 aromatic rings. The van der Waals surface area contributed by atoms with Crippen molar-refractivity contribution in [3.8, 4) is 0 Å². The molecule has 0 spiro atoms. The fourth-order valence-electron chi connectivity index (χ4n) is 2.00. The van der Waals surface area contributed by atoms with E-state index < -0.39 is 17.3 Å². The fourth-order valence-corrected chi connectivity index (χ4v) is 2.00. The van der Waals surface area contributed by atoms with E-state index in [9.17, 15) is 14.4 Å². The largest absolute Gasteiger partial charge is 0.460 e. The summed E-state index contributed by atoms with van der Waals surface area (Å²) in [6.45, 7) is 12.1. The minimum atomic E-state index is -1.36. The molecule has 0 aromatic heterocycles. The number of ketones is 2. The second-order valence-corrected chi connectivity index (χ2v) is 6.49. The van der Waals surface area contributed by atoms with Crippen LogP contribution in [0, 0.1) is 0 Å². The van der Waals surface area contributed by atoms with E-state index in [1.807, 2.05) is 0 Å². The zero-order valence-corrected chi connectivity index (χ0v) is 16.0. The average molecular weight is 369 g/mol. The Kier molecular flexibility index (Phi) is 10.9. The predicted octanol–water partition coefficient (Wildman–Crippen LogP) is 2.09. The van der Waals surface area contributed by atoms with Crippen molar-refractivity contribution in [2.45, 2.75) is 57.8 Å². The number of carbonyl (C=O) groups excluding carboxylic acids is 3. The lowest BCUT2D eigenvalue weighted by atomic mass is 9.98.